The molecule has 0 spiro atoms. The second kappa shape index (κ2) is 6.89. The Kier molecular flexibility index (Phi) is 4.29. The molecule has 0 radical (unpaired) electrons. The fraction of sp³-hybridized carbons (Fsp3) is 0.120. The number of anilines is 2. The number of nitrogens with zero attached hydrogens (tertiary/aromatic N) is 1. The summed E-state index contributed by atoms with van der Waals surface area (Å²) in [5, 5.41) is 1.62. The van der Waals surface area contributed by atoms with E-state index in [2.05, 4.69) is 16.9 Å². The minimum atomic E-state index is -3.74. The van der Waals surface area contributed by atoms with Gasteiger partial charge in [0, 0.05) is 36.2 Å². The largest absolute Gasteiger partial charge is 0.377 e. The van der Waals surface area contributed by atoms with Gasteiger partial charge in [-0.1, -0.05) is 54.6 Å². The Balaban J connectivity index is 1.54. The summed E-state index contributed by atoms with van der Waals surface area (Å²) in [5.41, 5.74) is 6.39. The van der Waals surface area contributed by atoms with Gasteiger partial charge in [-0.3, -0.25) is 4.72 Å². The summed E-state index contributed by atoms with van der Waals surface area (Å²) in [6.45, 7) is 0. The third-order valence-corrected chi connectivity index (χ3v) is 7.12. The third kappa shape index (κ3) is 3.02. The molecule has 0 fully saturated rings. The molecule has 4 aromatic rings. The molecule has 150 valence electrons. The molecule has 0 aromatic heterocycles. The molecule has 30 heavy (non-hydrogen) atoms. The second-order valence-electron chi connectivity index (χ2n) is 7.83. The summed E-state index contributed by atoms with van der Waals surface area (Å²) >= 11 is 0. The van der Waals surface area contributed by atoms with E-state index < -0.39 is 10.0 Å². The molecule has 5 heteroatoms. The minimum absolute atomic E-state index is 0.285. The first-order chi connectivity index (χ1) is 14.4. The zero-order chi connectivity index (χ0) is 20.9. The number of hydrogen-bond donors (Lipinski definition) is 1. The fourth-order valence-corrected chi connectivity index (χ4v) is 5.58. The molecular weight excluding hydrogens is 392 g/mol. The van der Waals surface area contributed by atoms with Gasteiger partial charge in [0.2, 0.25) is 0 Å². The van der Waals surface area contributed by atoms with Crippen LogP contribution in [0.4, 0.5) is 11.4 Å². The highest BCUT2D eigenvalue weighted by atomic mass is 32.2. The Morgan fingerprint density at radius 1 is 0.767 bits per heavy atom. The molecular formula is C25H22N2O2S. The van der Waals surface area contributed by atoms with E-state index in [9.17, 15) is 8.42 Å². The van der Waals surface area contributed by atoms with Crippen LogP contribution in [-0.2, 0) is 16.4 Å². The maximum Gasteiger partial charge on any atom is 0.262 e. The quantitative estimate of drug-likeness (QED) is 0.435. The lowest BCUT2D eigenvalue weighted by molar-refractivity contribution is 0.602. The zero-order valence-corrected chi connectivity index (χ0v) is 17.7. The molecule has 0 heterocycles. The summed E-state index contributed by atoms with van der Waals surface area (Å²) < 4.78 is 29.4. The molecule has 1 aliphatic carbocycles. The number of rotatable bonds is 4. The molecule has 4 nitrogen and oxygen atoms in total. The molecule has 0 saturated carbocycles. The molecule has 0 saturated heterocycles. The van der Waals surface area contributed by atoms with Crippen LogP contribution in [0, 0.1) is 0 Å². The van der Waals surface area contributed by atoms with E-state index >= 15 is 0 Å². The van der Waals surface area contributed by atoms with E-state index in [1.807, 2.05) is 73.6 Å². The predicted molar refractivity (Wildman–Crippen MR) is 124 cm³/mol. The van der Waals surface area contributed by atoms with Gasteiger partial charge in [0.15, 0.2) is 0 Å². The monoisotopic (exact) mass is 414 g/mol. The lowest BCUT2D eigenvalue weighted by Gasteiger charge is -2.17. The summed E-state index contributed by atoms with van der Waals surface area (Å²) in [6.07, 6.45) is 0.821. The van der Waals surface area contributed by atoms with E-state index in [1.165, 1.54) is 16.7 Å². The van der Waals surface area contributed by atoms with Crippen molar-refractivity contribution in [2.24, 2.45) is 0 Å². The lowest BCUT2D eigenvalue weighted by atomic mass is 10.1. The van der Waals surface area contributed by atoms with Crippen molar-refractivity contribution < 1.29 is 8.42 Å². The highest BCUT2D eigenvalue weighted by molar-refractivity contribution is 7.93. The molecule has 5 rings (SSSR count). The van der Waals surface area contributed by atoms with Gasteiger partial charge in [-0.05, 0) is 52.9 Å². The van der Waals surface area contributed by atoms with Crippen molar-refractivity contribution >= 4 is 32.2 Å². The molecule has 4 aromatic carbocycles. The van der Waals surface area contributed by atoms with Gasteiger partial charge in [0.25, 0.3) is 10.0 Å². The molecule has 0 aliphatic heterocycles. The first-order valence-corrected chi connectivity index (χ1v) is 11.4. The summed E-state index contributed by atoms with van der Waals surface area (Å²) in [6, 6.07) is 25.3. The van der Waals surface area contributed by atoms with Gasteiger partial charge >= 0.3 is 0 Å². The molecule has 1 N–H and O–H groups in total. The van der Waals surface area contributed by atoms with E-state index in [1.54, 1.807) is 12.1 Å². The number of fused-ring (bicyclic) bond motifs is 4. The van der Waals surface area contributed by atoms with Gasteiger partial charge in [0.1, 0.15) is 0 Å². The first kappa shape index (κ1) is 18.7. The van der Waals surface area contributed by atoms with Crippen LogP contribution < -0.4 is 9.62 Å². The predicted octanol–water partition coefficient (Wildman–Crippen LogP) is 5.28. The van der Waals surface area contributed by atoms with Crippen molar-refractivity contribution in [2.45, 2.75) is 11.3 Å². The fourth-order valence-electron chi connectivity index (χ4n) is 4.31. The minimum Gasteiger partial charge on any atom is -0.377 e. The molecule has 0 atom stereocenters. The van der Waals surface area contributed by atoms with Crippen molar-refractivity contribution in [3.63, 3.8) is 0 Å². The van der Waals surface area contributed by atoms with Crippen molar-refractivity contribution in [3.8, 4) is 11.1 Å². The Labute approximate surface area is 176 Å². The van der Waals surface area contributed by atoms with E-state index in [0.29, 0.717) is 11.1 Å². The van der Waals surface area contributed by atoms with Crippen molar-refractivity contribution in [3.05, 3.63) is 90.0 Å². The molecule has 0 bridgehead atoms. The van der Waals surface area contributed by atoms with Crippen LogP contribution in [0.25, 0.3) is 21.9 Å². The van der Waals surface area contributed by atoms with Gasteiger partial charge in [-0.2, -0.15) is 0 Å². The Hall–Kier alpha value is -3.31. The highest BCUT2D eigenvalue weighted by Gasteiger charge is 2.21. The maximum atomic E-state index is 13.3. The average Bonchev–Trinajstić information content (AvgIpc) is 3.10. The van der Waals surface area contributed by atoms with Crippen LogP contribution in [0.2, 0.25) is 0 Å². The van der Waals surface area contributed by atoms with E-state index in [4.69, 9.17) is 0 Å². The first-order valence-electron chi connectivity index (χ1n) is 9.87. The standard InChI is InChI=1S/C25H22N2O2S/c1-27(2)24-11-5-10-23-22(24)9-6-12-25(23)30(28,29)26-19-13-14-21-18(16-19)15-17-7-3-4-8-20(17)21/h3-14,16,26H,15H2,1-2H3. The van der Waals surface area contributed by atoms with Gasteiger partial charge in [-0.25, -0.2) is 8.42 Å². The highest BCUT2D eigenvalue weighted by Crippen LogP contribution is 2.38. The van der Waals surface area contributed by atoms with Gasteiger partial charge < -0.3 is 4.90 Å². The van der Waals surface area contributed by atoms with Crippen LogP contribution in [0.5, 0.6) is 0 Å². The normalized spacial score (nSPS) is 12.5. The van der Waals surface area contributed by atoms with Crippen LogP contribution in [-0.4, -0.2) is 22.5 Å². The lowest BCUT2D eigenvalue weighted by Crippen LogP contribution is -2.14. The molecule has 1 aliphatic rings. The van der Waals surface area contributed by atoms with E-state index in [0.717, 1.165) is 23.1 Å². The topological polar surface area (TPSA) is 49.4 Å². The number of hydrogen-bond acceptors (Lipinski definition) is 3. The van der Waals surface area contributed by atoms with Crippen LogP contribution in [0.15, 0.2) is 83.8 Å². The summed E-state index contributed by atoms with van der Waals surface area (Å²) in [7, 11) is 0.174. The van der Waals surface area contributed by atoms with Gasteiger partial charge in [0.05, 0.1) is 4.90 Å². The molecule has 0 unspecified atom stereocenters. The van der Waals surface area contributed by atoms with Crippen LogP contribution >= 0.6 is 0 Å². The number of nitrogens with one attached hydrogen (secondary N) is 1. The SMILES string of the molecule is CN(C)c1cccc2c(S(=O)(=O)Nc3ccc4c(c3)Cc3ccccc3-4)cccc12. The second-order valence-corrected chi connectivity index (χ2v) is 9.49. The average molecular weight is 415 g/mol. The van der Waals surface area contributed by atoms with E-state index in [-0.39, 0.29) is 4.90 Å². The zero-order valence-electron chi connectivity index (χ0n) is 16.9. The summed E-state index contributed by atoms with van der Waals surface area (Å²) in [4.78, 5) is 2.28. The smallest absolute Gasteiger partial charge is 0.262 e. The Morgan fingerprint density at radius 2 is 1.50 bits per heavy atom. The Bertz CT molecular complexity index is 1390. The van der Waals surface area contributed by atoms with Gasteiger partial charge in [-0.15, -0.1) is 0 Å². The molecule has 0 amide bonds. The summed E-state index contributed by atoms with van der Waals surface area (Å²) in [5.74, 6) is 0. The van der Waals surface area contributed by atoms with Crippen LogP contribution in [0.3, 0.4) is 0 Å². The number of sulfonamides is 1. The van der Waals surface area contributed by atoms with Crippen molar-refractivity contribution in [2.75, 3.05) is 23.7 Å². The maximum absolute atomic E-state index is 13.3. The Morgan fingerprint density at radius 3 is 2.33 bits per heavy atom. The van der Waals surface area contributed by atoms with Crippen LogP contribution in [0.1, 0.15) is 11.1 Å². The van der Waals surface area contributed by atoms with Crippen molar-refractivity contribution in [1.82, 2.24) is 0 Å². The third-order valence-electron chi connectivity index (χ3n) is 5.68. The van der Waals surface area contributed by atoms with Crippen molar-refractivity contribution in [1.29, 1.82) is 0 Å². The number of benzene rings is 4.